The maximum absolute atomic E-state index is 13.2. The van der Waals surface area contributed by atoms with E-state index in [-0.39, 0.29) is 11.8 Å². The van der Waals surface area contributed by atoms with E-state index in [1.165, 1.54) is 0 Å². The lowest BCUT2D eigenvalue weighted by molar-refractivity contribution is -0.117. The van der Waals surface area contributed by atoms with E-state index in [0.29, 0.717) is 40.8 Å². The summed E-state index contributed by atoms with van der Waals surface area (Å²) in [5.41, 5.74) is 4.28. The Bertz CT molecular complexity index is 1200. The fraction of sp³-hybridized carbons (Fsp3) is 0.364. The number of aryl methyl sites for hydroxylation is 2. The fourth-order valence-electron chi connectivity index (χ4n) is 4.14. The Labute approximate surface area is 179 Å². The maximum atomic E-state index is 13.2. The minimum Gasteiger partial charge on any atom is -0.322 e. The minimum atomic E-state index is -0.221. The van der Waals surface area contributed by atoms with Crippen molar-refractivity contribution in [3.63, 3.8) is 0 Å². The van der Waals surface area contributed by atoms with E-state index in [4.69, 9.17) is 16.6 Å². The fourth-order valence-corrected chi connectivity index (χ4v) is 4.42. The van der Waals surface area contributed by atoms with Gasteiger partial charge in [-0.1, -0.05) is 11.6 Å². The van der Waals surface area contributed by atoms with E-state index in [1.807, 2.05) is 20.0 Å². The number of carbonyl (C=O) groups excluding carboxylic acids is 2. The third-order valence-electron chi connectivity index (χ3n) is 5.80. The van der Waals surface area contributed by atoms with Crippen molar-refractivity contribution in [2.24, 2.45) is 7.05 Å². The van der Waals surface area contributed by atoms with Gasteiger partial charge in [-0.05, 0) is 50.5 Å². The molecule has 3 heterocycles. The second-order valence-electron chi connectivity index (χ2n) is 8.05. The van der Waals surface area contributed by atoms with Crippen molar-refractivity contribution >= 4 is 45.8 Å². The number of benzene rings is 1. The number of rotatable bonds is 4. The smallest absolute Gasteiger partial charge is 0.256 e. The molecule has 0 spiro atoms. The second-order valence-corrected chi connectivity index (χ2v) is 8.45. The first-order valence-electron chi connectivity index (χ1n) is 10.2. The number of hydrogen-bond donors (Lipinski definition) is 1. The van der Waals surface area contributed by atoms with E-state index in [9.17, 15) is 9.59 Å². The van der Waals surface area contributed by atoms with Crippen molar-refractivity contribution in [3.8, 4) is 0 Å². The molecule has 1 aliphatic carbocycles. The predicted molar refractivity (Wildman–Crippen MR) is 116 cm³/mol. The van der Waals surface area contributed by atoms with Gasteiger partial charge >= 0.3 is 0 Å². The third-order valence-corrected chi connectivity index (χ3v) is 6.10. The van der Waals surface area contributed by atoms with E-state index in [0.717, 1.165) is 41.7 Å². The zero-order chi connectivity index (χ0) is 21.0. The maximum Gasteiger partial charge on any atom is 0.256 e. The van der Waals surface area contributed by atoms with Gasteiger partial charge in [-0.3, -0.25) is 14.3 Å². The first-order chi connectivity index (χ1) is 14.4. The molecule has 2 amide bonds. The summed E-state index contributed by atoms with van der Waals surface area (Å²) in [5.74, 6) is 0.275. The highest BCUT2D eigenvalue weighted by atomic mass is 35.5. The first-order valence-corrected chi connectivity index (χ1v) is 10.6. The van der Waals surface area contributed by atoms with Crippen LogP contribution in [0.25, 0.3) is 11.0 Å². The van der Waals surface area contributed by atoms with Crippen LogP contribution in [0.2, 0.25) is 5.02 Å². The number of halogens is 1. The van der Waals surface area contributed by atoms with E-state index >= 15 is 0 Å². The van der Waals surface area contributed by atoms with Crippen molar-refractivity contribution in [2.45, 2.75) is 38.5 Å². The van der Waals surface area contributed by atoms with Crippen LogP contribution in [0.5, 0.6) is 0 Å². The van der Waals surface area contributed by atoms with E-state index in [2.05, 4.69) is 10.4 Å². The average Bonchev–Trinajstić information content (AvgIpc) is 3.42. The second kappa shape index (κ2) is 7.09. The lowest BCUT2D eigenvalue weighted by atomic mass is 10.1. The molecule has 30 heavy (non-hydrogen) atoms. The number of hydrogen-bond acceptors (Lipinski definition) is 4. The highest BCUT2D eigenvalue weighted by Crippen LogP contribution is 2.40. The van der Waals surface area contributed by atoms with Crippen LogP contribution in [-0.2, 0) is 11.8 Å². The lowest BCUT2D eigenvalue weighted by Crippen LogP contribution is -2.24. The van der Waals surface area contributed by atoms with Crippen LogP contribution in [0.15, 0.2) is 24.3 Å². The number of carbonyl (C=O) groups is 2. The molecule has 2 aliphatic rings. The molecule has 0 atom stereocenters. The molecule has 1 saturated carbocycles. The third kappa shape index (κ3) is 3.23. The van der Waals surface area contributed by atoms with Crippen LogP contribution in [0.3, 0.4) is 0 Å². The van der Waals surface area contributed by atoms with Crippen LogP contribution in [0, 0.1) is 6.92 Å². The molecular formula is C22H22ClN5O2. The number of aromatic nitrogens is 3. The van der Waals surface area contributed by atoms with Gasteiger partial charge in [0.05, 0.1) is 27.4 Å². The van der Waals surface area contributed by atoms with Crippen LogP contribution >= 0.6 is 11.6 Å². The average molecular weight is 424 g/mol. The molecule has 0 radical (unpaired) electrons. The van der Waals surface area contributed by atoms with Gasteiger partial charge in [0.1, 0.15) is 0 Å². The van der Waals surface area contributed by atoms with Gasteiger partial charge in [0.15, 0.2) is 5.65 Å². The summed E-state index contributed by atoms with van der Waals surface area (Å²) < 4.78 is 1.73. The van der Waals surface area contributed by atoms with Gasteiger partial charge in [0.2, 0.25) is 5.91 Å². The number of anilines is 2. The summed E-state index contributed by atoms with van der Waals surface area (Å²) in [4.78, 5) is 31.7. The molecule has 0 bridgehead atoms. The van der Waals surface area contributed by atoms with Gasteiger partial charge < -0.3 is 10.2 Å². The normalized spacial score (nSPS) is 16.5. The van der Waals surface area contributed by atoms with Gasteiger partial charge in [0, 0.05) is 37.3 Å². The Morgan fingerprint density at radius 3 is 2.73 bits per heavy atom. The molecule has 3 aromatic rings. The number of amides is 2. The number of nitrogens with one attached hydrogen (secondary N) is 1. The van der Waals surface area contributed by atoms with Crippen molar-refractivity contribution in [2.75, 3.05) is 16.8 Å². The number of fused-ring (bicyclic) bond motifs is 1. The highest BCUT2D eigenvalue weighted by molar-refractivity contribution is 6.34. The Morgan fingerprint density at radius 1 is 1.27 bits per heavy atom. The summed E-state index contributed by atoms with van der Waals surface area (Å²) >= 11 is 6.43. The van der Waals surface area contributed by atoms with Crippen molar-refractivity contribution < 1.29 is 9.59 Å². The molecule has 154 valence electrons. The molecule has 1 aromatic carbocycles. The monoisotopic (exact) mass is 423 g/mol. The predicted octanol–water partition coefficient (Wildman–Crippen LogP) is 4.19. The summed E-state index contributed by atoms with van der Waals surface area (Å²) in [7, 11) is 1.85. The molecule has 8 heteroatoms. The molecule has 1 saturated heterocycles. The summed E-state index contributed by atoms with van der Waals surface area (Å²) in [6, 6.07) is 7.15. The largest absolute Gasteiger partial charge is 0.322 e. The molecule has 7 nitrogen and oxygen atoms in total. The highest BCUT2D eigenvalue weighted by Gasteiger charge is 2.29. The van der Waals surface area contributed by atoms with Gasteiger partial charge in [-0.15, -0.1) is 0 Å². The van der Waals surface area contributed by atoms with Crippen LogP contribution in [0.1, 0.15) is 53.3 Å². The van der Waals surface area contributed by atoms with Gasteiger partial charge in [-0.2, -0.15) is 5.10 Å². The molecule has 2 aromatic heterocycles. The Balaban J connectivity index is 1.48. The van der Waals surface area contributed by atoms with Crippen LogP contribution in [-0.4, -0.2) is 33.1 Å². The Kier molecular flexibility index (Phi) is 4.50. The van der Waals surface area contributed by atoms with Crippen molar-refractivity contribution in [1.82, 2.24) is 14.8 Å². The van der Waals surface area contributed by atoms with E-state index < -0.39 is 0 Å². The van der Waals surface area contributed by atoms with E-state index in [1.54, 1.807) is 27.8 Å². The molecule has 1 N–H and O–H groups in total. The zero-order valence-corrected chi connectivity index (χ0v) is 17.7. The quantitative estimate of drug-likeness (QED) is 0.682. The summed E-state index contributed by atoms with van der Waals surface area (Å²) in [6.07, 6.45) is 3.57. The molecule has 1 aliphatic heterocycles. The number of nitrogens with zero attached hydrogens (tertiary/aromatic N) is 4. The number of pyridine rings is 1. The first kappa shape index (κ1) is 19.1. The zero-order valence-electron chi connectivity index (χ0n) is 16.9. The molecular weight excluding hydrogens is 402 g/mol. The van der Waals surface area contributed by atoms with Gasteiger partial charge in [-0.25, -0.2) is 4.98 Å². The van der Waals surface area contributed by atoms with Crippen molar-refractivity contribution in [3.05, 3.63) is 46.2 Å². The Hall–Kier alpha value is -2.93. The molecule has 2 fully saturated rings. The summed E-state index contributed by atoms with van der Waals surface area (Å²) in [5, 5.41) is 8.62. The molecule has 0 unspecified atom stereocenters. The topological polar surface area (TPSA) is 80.1 Å². The lowest BCUT2D eigenvalue weighted by Gasteiger charge is -2.18. The minimum absolute atomic E-state index is 0.0764. The van der Waals surface area contributed by atoms with Crippen molar-refractivity contribution in [1.29, 1.82) is 0 Å². The molecule has 5 rings (SSSR count). The SMILES string of the molecule is Cc1nn(C)c2nc(C3CC3)cc(C(=O)Nc3ccc(N4CCCC4=O)c(Cl)c3)c12. The van der Waals surface area contributed by atoms with Crippen LogP contribution < -0.4 is 10.2 Å². The van der Waals surface area contributed by atoms with Gasteiger partial charge in [0.25, 0.3) is 5.91 Å². The standard InChI is InChI=1S/C22H22ClN5O2/c1-12-20-15(11-17(13-5-6-13)25-21(20)27(2)26-12)22(30)24-14-7-8-18(16(23)10-14)28-9-3-4-19(28)29/h7-8,10-11,13H,3-6,9H2,1-2H3,(H,24,30). The van der Waals surface area contributed by atoms with Crippen LogP contribution in [0.4, 0.5) is 11.4 Å². The summed E-state index contributed by atoms with van der Waals surface area (Å²) in [6.45, 7) is 2.56. The Morgan fingerprint density at radius 2 is 2.07 bits per heavy atom.